The maximum Gasteiger partial charge on any atom is 0.371 e. The standard InChI is InChI=1S/C12H11ClO4.C10H9ClO3.C7H10O2.C5H2Cl2O2.C5H3ClO3.C5H3ClO2.C3H6O/c1-6(14)10(11(15)7-2-3-7)12(16)8-4-5-9(13)17-8;11-10-4-3-9(14-10)8(13)5-7(12)6-1-2-6;1-5(8)4-7(9)6-2-3-6;2*6-4-2-1-3(9-4)5(7)8;6-5-2-1-4(3-7)8-5;1-3(2)4/h4-5,7,10H,2-3H2,1H3;3-4,6H,1-2,5H2;6H,2-4H2,1H3;1-2H;1-2H,(H,7,8);1-3H;1-2H3. The molecule has 3 aliphatic carbocycles. The Labute approximate surface area is 429 Å². The highest BCUT2D eigenvalue weighted by Crippen LogP contribution is 2.34. The first-order valence-electron chi connectivity index (χ1n) is 20.6. The summed E-state index contributed by atoms with van der Waals surface area (Å²) >= 11 is 32.0. The maximum absolute atomic E-state index is 12.0. The number of aromatic carboxylic acids is 1. The minimum atomic E-state index is -1.23. The van der Waals surface area contributed by atoms with Gasteiger partial charge in [0.2, 0.25) is 17.3 Å². The van der Waals surface area contributed by atoms with Crippen molar-refractivity contribution in [3.05, 3.63) is 116 Å². The number of Topliss-reactive ketones (excluding diaryl/α,β-unsaturated/α-hetero) is 8. The molecule has 0 radical (unpaired) electrons. The molecule has 23 heteroatoms. The van der Waals surface area contributed by atoms with Crippen molar-refractivity contribution in [2.24, 2.45) is 23.7 Å². The number of hydrogen-bond donors (Lipinski definition) is 1. The van der Waals surface area contributed by atoms with Gasteiger partial charge in [-0.05, 0) is 196 Å². The van der Waals surface area contributed by atoms with E-state index in [1.807, 2.05) is 0 Å². The third kappa shape index (κ3) is 24.2. The van der Waals surface area contributed by atoms with Crippen LogP contribution in [0.5, 0.6) is 0 Å². The summed E-state index contributed by atoms with van der Waals surface area (Å²) in [7, 11) is 0. The number of carboxylic acid groups (broad SMARTS) is 1. The summed E-state index contributed by atoms with van der Waals surface area (Å²) in [5.74, 6) is -3.10. The summed E-state index contributed by atoms with van der Waals surface area (Å²) in [6.07, 6.45) is 6.07. The van der Waals surface area contributed by atoms with Crippen molar-refractivity contribution >= 4 is 133 Å². The minimum Gasteiger partial charge on any atom is -0.475 e. The van der Waals surface area contributed by atoms with Gasteiger partial charge in [-0.3, -0.25) is 43.2 Å². The van der Waals surface area contributed by atoms with Crippen LogP contribution in [0.15, 0.2) is 82.7 Å². The Balaban J connectivity index is 0.000000290. The molecule has 376 valence electrons. The summed E-state index contributed by atoms with van der Waals surface area (Å²) in [6.45, 7) is 5.76. The first-order valence-corrected chi connectivity index (χ1v) is 22.9. The van der Waals surface area contributed by atoms with Crippen LogP contribution in [0.25, 0.3) is 0 Å². The van der Waals surface area contributed by atoms with Crippen molar-refractivity contribution in [1.29, 1.82) is 0 Å². The van der Waals surface area contributed by atoms with Gasteiger partial charge in [-0.25, -0.2) is 4.79 Å². The molecule has 5 aromatic heterocycles. The molecule has 0 bridgehead atoms. The summed E-state index contributed by atoms with van der Waals surface area (Å²) in [5.41, 5.74) is 0. The number of carboxylic acids is 1. The van der Waals surface area contributed by atoms with Gasteiger partial charge < -0.3 is 32.0 Å². The molecule has 5 heterocycles. The van der Waals surface area contributed by atoms with Gasteiger partial charge in [0.05, 0.1) is 12.8 Å². The Morgan fingerprint density at radius 2 is 0.914 bits per heavy atom. The van der Waals surface area contributed by atoms with Crippen molar-refractivity contribution in [2.45, 2.75) is 79.1 Å². The molecule has 8 rings (SSSR count). The van der Waals surface area contributed by atoms with Crippen LogP contribution in [0, 0.1) is 23.7 Å². The molecule has 0 saturated heterocycles. The van der Waals surface area contributed by atoms with Crippen LogP contribution >= 0.6 is 69.6 Å². The predicted octanol–water partition coefficient (Wildman–Crippen LogP) is 12.0. The zero-order valence-electron chi connectivity index (χ0n) is 37.6. The number of furan rings is 5. The number of carbonyl (C=O) groups excluding carboxylic acids is 10. The molecular formula is C47H44Cl6O17. The molecule has 0 spiro atoms. The molecule has 17 nitrogen and oxygen atoms in total. The fourth-order valence-electron chi connectivity index (χ4n) is 5.00. The van der Waals surface area contributed by atoms with Gasteiger partial charge >= 0.3 is 5.97 Å². The lowest BCUT2D eigenvalue weighted by molar-refractivity contribution is -0.131. The van der Waals surface area contributed by atoms with Crippen LogP contribution in [0.3, 0.4) is 0 Å². The SMILES string of the molecule is CC(=O)C(C(=O)c1ccc(Cl)o1)C(=O)C1CC1.CC(=O)CC(=O)C1CC1.CC(C)=O.O=C(CC(=O)C1CC1)c1ccc(Cl)o1.O=C(Cl)c1ccc(Cl)o1.O=C(O)c1ccc(Cl)o1.O=Cc1ccc(Cl)o1. The van der Waals surface area contributed by atoms with Crippen LogP contribution < -0.4 is 0 Å². The number of hydrogen-bond acceptors (Lipinski definition) is 16. The fourth-order valence-corrected chi connectivity index (χ4v) is 5.84. The monoisotopic (exact) mass is 1090 g/mol. The largest absolute Gasteiger partial charge is 0.475 e. The number of halogens is 6. The molecule has 1 unspecified atom stereocenters. The number of carbonyl (C=O) groups is 11. The molecule has 3 fully saturated rings. The van der Waals surface area contributed by atoms with Crippen LogP contribution in [0.1, 0.15) is 132 Å². The van der Waals surface area contributed by atoms with Crippen molar-refractivity contribution in [1.82, 2.24) is 0 Å². The molecule has 0 amide bonds. The molecule has 1 N–H and O–H groups in total. The van der Waals surface area contributed by atoms with Gasteiger partial charge in [-0.15, -0.1) is 0 Å². The predicted molar refractivity (Wildman–Crippen MR) is 253 cm³/mol. The molecule has 1 atom stereocenters. The first kappa shape index (κ1) is 60.4. The number of rotatable bonds is 15. The molecule has 0 aromatic carbocycles. The van der Waals surface area contributed by atoms with E-state index in [9.17, 15) is 52.7 Å². The van der Waals surface area contributed by atoms with E-state index in [4.69, 9.17) is 83.5 Å². The van der Waals surface area contributed by atoms with Gasteiger partial charge in [0.15, 0.2) is 61.2 Å². The molecule has 0 aliphatic heterocycles. The highest BCUT2D eigenvalue weighted by atomic mass is 35.5. The second kappa shape index (κ2) is 30.1. The van der Waals surface area contributed by atoms with Gasteiger partial charge in [-0.1, -0.05) is 0 Å². The van der Waals surface area contributed by atoms with Crippen molar-refractivity contribution in [3.63, 3.8) is 0 Å². The number of aldehydes is 1. The number of ketones is 8. The summed E-state index contributed by atoms with van der Waals surface area (Å²) < 4.78 is 23.6. The van der Waals surface area contributed by atoms with E-state index < -0.39 is 28.7 Å². The van der Waals surface area contributed by atoms with E-state index in [1.54, 1.807) is 0 Å². The highest BCUT2D eigenvalue weighted by molar-refractivity contribution is 6.67. The Bertz CT molecular complexity index is 2580. The second-order valence-corrected chi connectivity index (χ2v) is 17.4. The van der Waals surface area contributed by atoms with E-state index in [0.29, 0.717) is 6.29 Å². The molecular weight excluding hydrogens is 1050 g/mol. The van der Waals surface area contributed by atoms with Gasteiger partial charge in [0, 0.05) is 17.8 Å². The van der Waals surface area contributed by atoms with Crippen molar-refractivity contribution < 1.29 is 79.9 Å². The van der Waals surface area contributed by atoms with Crippen molar-refractivity contribution in [3.8, 4) is 0 Å². The van der Waals surface area contributed by atoms with Crippen LogP contribution in [0.4, 0.5) is 0 Å². The van der Waals surface area contributed by atoms with E-state index in [1.165, 1.54) is 88.4 Å². The minimum absolute atomic E-state index is 0.00750. The lowest BCUT2D eigenvalue weighted by Gasteiger charge is -2.08. The average Bonchev–Trinajstić information content (AvgIpc) is 4.25. The molecule has 3 aliphatic rings. The van der Waals surface area contributed by atoms with Gasteiger partial charge in [0.1, 0.15) is 34.8 Å². The van der Waals surface area contributed by atoms with E-state index >= 15 is 0 Å². The van der Waals surface area contributed by atoms with Gasteiger partial charge in [0.25, 0.3) is 5.24 Å². The third-order valence-corrected chi connectivity index (χ3v) is 9.88. The smallest absolute Gasteiger partial charge is 0.371 e. The molecule has 3 saturated carbocycles. The second-order valence-electron chi connectivity index (χ2n) is 15.2. The Kier molecular flexibility index (Phi) is 26.0. The van der Waals surface area contributed by atoms with Crippen molar-refractivity contribution in [2.75, 3.05) is 0 Å². The summed E-state index contributed by atoms with van der Waals surface area (Å²) in [6, 6.07) is 14.3. The van der Waals surface area contributed by atoms with E-state index in [0.717, 1.165) is 38.5 Å². The maximum atomic E-state index is 12.0. The topological polar surface area (TPSA) is 274 Å². The average molecular weight is 1090 g/mol. The molecule has 5 aromatic rings. The quantitative estimate of drug-likeness (QED) is 0.0441. The normalized spacial score (nSPS) is 13.2. The lowest BCUT2D eigenvalue weighted by Crippen LogP contribution is -2.31. The zero-order valence-corrected chi connectivity index (χ0v) is 42.1. The Morgan fingerprint density at radius 1 is 0.543 bits per heavy atom. The summed E-state index contributed by atoms with van der Waals surface area (Å²) in [5, 5.41) is 8.34. The van der Waals surface area contributed by atoms with Crippen LogP contribution in [-0.4, -0.2) is 68.9 Å². The summed E-state index contributed by atoms with van der Waals surface area (Å²) in [4.78, 5) is 119. The van der Waals surface area contributed by atoms with E-state index in [-0.39, 0.29) is 120 Å². The first-order chi connectivity index (χ1) is 32.8. The Morgan fingerprint density at radius 3 is 1.19 bits per heavy atom. The van der Waals surface area contributed by atoms with Crippen LogP contribution in [-0.2, 0) is 28.8 Å². The van der Waals surface area contributed by atoms with Gasteiger partial charge in [-0.2, -0.15) is 0 Å². The Hall–Kier alpha value is -5.69. The van der Waals surface area contributed by atoms with E-state index in [2.05, 4.69) is 13.3 Å². The fraction of sp³-hybridized carbons (Fsp3) is 0.340. The zero-order chi connectivity index (χ0) is 52.8. The lowest BCUT2D eigenvalue weighted by atomic mass is 9.91. The van der Waals surface area contributed by atoms with Crippen LogP contribution in [0.2, 0.25) is 26.1 Å². The third-order valence-electron chi connectivity index (χ3n) is 8.68. The molecule has 70 heavy (non-hydrogen) atoms. The highest BCUT2D eigenvalue weighted by Gasteiger charge is 2.42.